The zero-order valence-corrected chi connectivity index (χ0v) is 22.2. The van der Waals surface area contributed by atoms with E-state index in [1.165, 1.54) is 24.5 Å². The molecule has 2 heterocycles. The molecule has 8 nitrogen and oxygen atoms in total. The van der Waals surface area contributed by atoms with Crippen molar-refractivity contribution >= 4 is 26.6 Å². The van der Waals surface area contributed by atoms with Crippen molar-refractivity contribution in [2.75, 3.05) is 25.3 Å². The van der Waals surface area contributed by atoms with Crippen molar-refractivity contribution in [2.45, 2.75) is 38.1 Å². The Balaban J connectivity index is 1.51. The number of benzene rings is 3. The average molecular weight is 538 g/mol. The van der Waals surface area contributed by atoms with Crippen LogP contribution in [0.3, 0.4) is 0 Å². The van der Waals surface area contributed by atoms with Gasteiger partial charge in [0.15, 0.2) is 6.79 Å². The molecular formula is C28H28FN3O5S. The Labute approximate surface area is 221 Å². The Morgan fingerprint density at radius 1 is 1.08 bits per heavy atom. The smallest absolute Gasteiger partial charge is 0.340 e. The van der Waals surface area contributed by atoms with Crippen LogP contribution < -0.4 is 13.8 Å². The second-order valence-electron chi connectivity index (χ2n) is 9.10. The van der Waals surface area contributed by atoms with E-state index in [9.17, 15) is 12.8 Å². The number of rotatable bonds is 8. The highest BCUT2D eigenvalue weighted by Gasteiger charge is 2.27. The molecule has 198 valence electrons. The lowest BCUT2D eigenvalue weighted by Gasteiger charge is -2.32. The fourth-order valence-electron chi connectivity index (χ4n) is 4.73. The van der Waals surface area contributed by atoms with Gasteiger partial charge < -0.3 is 18.6 Å². The van der Waals surface area contributed by atoms with Crippen LogP contribution in [0.4, 0.5) is 10.1 Å². The fraction of sp³-hybridized carbons (Fsp3) is 0.286. The number of aromatic nitrogens is 2. The maximum atomic E-state index is 14.8. The molecule has 1 aliphatic rings. The summed E-state index contributed by atoms with van der Waals surface area (Å²) in [6.07, 6.45) is 2.27. The molecule has 1 aliphatic heterocycles. The molecule has 0 spiro atoms. The van der Waals surface area contributed by atoms with Crippen LogP contribution in [-0.2, 0) is 34.2 Å². The normalized spacial score (nSPS) is 13.4. The predicted molar refractivity (Wildman–Crippen MR) is 142 cm³/mol. The van der Waals surface area contributed by atoms with Gasteiger partial charge in [0.25, 0.3) is 0 Å². The topological polar surface area (TPSA) is 90.8 Å². The summed E-state index contributed by atoms with van der Waals surface area (Å²) in [6.45, 7) is 4.77. The van der Waals surface area contributed by atoms with Crippen molar-refractivity contribution in [1.82, 2.24) is 9.97 Å². The average Bonchev–Trinajstić information content (AvgIpc) is 2.91. The molecule has 0 saturated carbocycles. The number of fused-ring (bicyclic) bond motifs is 2. The molecule has 0 amide bonds. The van der Waals surface area contributed by atoms with E-state index in [-0.39, 0.29) is 23.4 Å². The lowest BCUT2D eigenvalue weighted by Crippen LogP contribution is -2.32. The summed E-state index contributed by atoms with van der Waals surface area (Å²) >= 11 is 0. The van der Waals surface area contributed by atoms with Gasteiger partial charge in [0, 0.05) is 36.4 Å². The van der Waals surface area contributed by atoms with E-state index in [0.29, 0.717) is 48.5 Å². The Morgan fingerprint density at radius 3 is 2.61 bits per heavy atom. The summed E-state index contributed by atoms with van der Waals surface area (Å²) in [4.78, 5) is 10.7. The van der Waals surface area contributed by atoms with Crippen LogP contribution in [0.1, 0.15) is 29.3 Å². The highest BCUT2D eigenvalue weighted by atomic mass is 32.2. The minimum atomic E-state index is -4.06. The lowest BCUT2D eigenvalue weighted by molar-refractivity contribution is 0.0512. The Bertz CT molecular complexity index is 1590. The van der Waals surface area contributed by atoms with E-state index in [4.69, 9.17) is 13.7 Å². The predicted octanol–water partition coefficient (Wildman–Crippen LogP) is 4.95. The van der Waals surface area contributed by atoms with Crippen LogP contribution in [0, 0.1) is 12.7 Å². The molecule has 38 heavy (non-hydrogen) atoms. The van der Waals surface area contributed by atoms with Crippen molar-refractivity contribution in [2.24, 2.45) is 0 Å². The van der Waals surface area contributed by atoms with Gasteiger partial charge in [-0.2, -0.15) is 8.42 Å². The summed E-state index contributed by atoms with van der Waals surface area (Å²) in [5.41, 5.74) is 3.66. The first-order chi connectivity index (χ1) is 18.3. The van der Waals surface area contributed by atoms with Crippen LogP contribution in [-0.4, -0.2) is 38.8 Å². The number of anilines is 1. The molecular weight excluding hydrogens is 509 g/mol. The van der Waals surface area contributed by atoms with Gasteiger partial charge in [0.2, 0.25) is 5.88 Å². The Hall–Kier alpha value is -3.76. The van der Waals surface area contributed by atoms with Gasteiger partial charge in [-0.15, -0.1) is 0 Å². The van der Waals surface area contributed by atoms with Crippen molar-refractivity contribution in [3.05, 3.63) is 83.1 Å². The highest BCUT2D eigenvalue weighted by molar-refractivity contribution is 7.87. The highest BCUT2D eigenvalue weighted by Crippen LogP contribution is 2.38. The van der Waals surface area contributed by atoms with Gasteiger partial charge in [-0.3, -0.25) is 0 Å². The SMILES string of the molecule is CCc1c(F)ccc2cc(OCOC)cc(N3CCc4c(ncnc4OS(=O)(=O)c4ccc(C)cc4)C3)c12. The standard InChI is InChI=1S/C28H28FN3O5S/c1-4-22-24(29)10-7-19-13-20(36-17-35-3)14-26(27(19)22)32-12-11-23-25(15-32)30-16-31-28(23)37-38(33,34)21-8-5-18(2)6-9-21/h5-10,13-14,16H,4,11-12,15,17H2,1-3H3. The summed E-state index contributed by atoms with van der Waals surface area (Å²) in [6, 6.07) is 13.4. The van der Waals surface area contributed by atoms with Gasteiger partial charge in [-0.05, 0) is 55.0 Å². The number of aryl methyl sites for hydroxylation is 2. The van der Waals surface area contributed by atoms with E-state index in [2.05, 4.69) is 14.9 Å². The van der Waals surface area contributed by atoms with E-state index in [1.807, 2.05) is 26.0 Å². The van der Waals surface area contributed by atoms with Crippen molar-refractivity contribution in [3.8, 4) is 11.6 Å². The fourth-order valence-corrected chi connectivity index (χ4v) is 5.65. The second kappa shape index (κ2) is 10.5. The zero-order valence-electron chi connectivity index (χ0n) is 21.4. The molecule has 0 radical (unpaired) electrons. The van der Waals surface area contributed by atoms with E-state index < -0.39 is 10.1 Å². The maximum Gasteiger partial charge on any atom is 0.340 e. The monoisotopic (exact) mass is 537 g/mol. The molecule has 4 aromatic rings. The number of hydrogen-bond acceptors (Lipinski definition) is 8. The van der Waals surface area contributed by atoms with Gasteiger partial charge in [0.05, 0.1) is 12.2 Å². The number of hydrogen-bond donors (Lipinski definition) is 0. The molecule has 0 atom stereocenters. The van der Waals surface area contributed by atoms with E-state index in [1.54, 1.807) is 25.3 Å². The zero-order chi connectivity index (χ0) is 26.9. The first-order valence-electron chi connectivity index (χ1n) is 12.3. The maximum absolute atomic E-state index is 14.8. The van der Waals surface area contributed by atoms with Crippen LogP contribution in [0.5, 0.6) is 11.6 Å². The summed E-state index contributed by atoms with van der Waals surface area (Å²) in [5.74, 6) is 0.366. The van der Waals surface area contributed by atoms with Gasteiger partial charge in [-0.1, -0.05) is 30.7 Å². The first kappa shape index (κ1) is 25.9. The lowest BCUT2D eigenvalue weighted by atomic mass is 9.97. The van der Waals surface area contributed by atoms with Crippen molar-refractivity contribution < 1.29 is 26.5 Å². The quantitative estimate of drug-likeness (QED) is 0.230. The second-order valence-corrected chi connectivity index (χ2v) is 10.6. The molecule has 5 rings (SSSR count). The molecule has 0 unspecified atom stereocenters. The third kappa shape index (κ3) is 5.01. The minimum Gasteiger partial charge on any atom is -0.467 e. The summed E-state index contributed by atoms with van der Waals surface area (Å²) in [5, 5.41) is 1.67. The van der Waals surface area contributed by atoms with Crippen LogP contribution >= 0.6 is 0 Å². The van der Waals surface area contributed by atoms with E-state index in [0.717, 1.165) is 22.0 Å². The van der Waals surface area contributed by atoms with Gasteiger partial charge in [0.1, 0.15) is 22.8 Å². The van der Waals surface area contributed by atoms with E-state index >= 15 is 0 Å². The third-order valence-corrected chi connectivity index (χ3v) is 7.85. The van der Waals surface area contributed by atoms with Crippen LogP contribution in [0.25, 0.3) is 10.8 Å². The molecule has 0 saturated heterocycles. The molecule has 0 aliphatic carbocycles. The van der Waals surface area contributed by atoms with Crippen molar-refractivity contribution in [3.63, 3.8) is 0 Å². The van der Waals surface area contributed by atoms with Crippen LogP contribution in [0.15, 0.2) is 59.8 Å². The molecule has 0 N–H and O–H groups in total. The van der Waals surface area contributed by atoms with Crippen molar-refractivity contribution in [1.29, 1.82) is 0 Å². The Kier molecular flexibility index (Phi) is 7.18. The molecule has 0 bridgehead atoms. The summed E-state index contributed by atoms with van der Waals surface area (Å²) in [7, 11) is -2.51. The number of halogens is 1. The van der Waals surface area contributed by atoms with Gasteiger partial charge in [-0.25, -0.2) is 14.4 Å². The summed E-state index contributed by atoms with van der Waals surface area (Å²) < 4.78 is 56.9. The first-order valence-corrected chi connectivity index (χ1v) is 13.7. The number of ether oxygens (including phenoxy) is 2. The molecule has 10 heteroatoms. The molecule has 3 aromatic carbocycles. The number of methoxy groups -OCH3 is 1. The van der Waals surface area contributed by atoms with Crippen LogP contribution in [0.2, 0.25) is 0 Å². The third-order valence-electron chi connectivity index (χ3n) is 6.62. The Morgan fingerprint density at radius 2 is 1.87 bits per heavy atom. The minimum absolute atomic E-state index is 0.0255. The molecule has 1 aromatic heterocycles. The molecule has 0 fully saturated rings. The number of nitrogens with zero attached hydrogens (tertiary/aromatic N) is 3. The largest absolute Gasteiger partial charge is 0.467 e. The van der Waals surface area contributed by atoms with Gasteiger partial charge >= 0.3 is 10.1 Å².